The lowest BCUT2D eigenvalue weighted by molar-refractivity contribution is 1.63. The van der Waals surface area contributed by atoms with Gasteiger partial charge in [0.15, 0.2) is 0 Å². The fraction of sp³-hybridized carbons (Fsp3) is 0. The van der Waals surface area contributed by atoms with E-state index in [1.807, 2.05) is 12.1 Å². The van der Waals surface area contributed by atoms with Crippen molar-refractivity contribution in [3.05, 3.63) is 84.9 Å². The molecule has 0 N–H and O–H groups in total. The Bertz CT molecular complexity index is 1010. The molecular formula is C22H13. The maximum absolute atomic E-state index is 3.18. The van der Waals surface area contributed by atoms with Gasteiger partial charge < -0.3 is 0 Å². The number of hydrogen-bond donors (Lipinski definition) is 0. The van der Waals surface area contributed by atoms with Crippen molar-refractivity contribution >= 4 is 10.8 Å². The molecule has 5 rings (SSSR count). The monoisotopic (exact) mass is 277 g/mol. The zero-order valence-corrected chi connectivity index (χ0v) is 12.0. The number of benzene rings is 4. The fourth-order valence-electron chi connectivity index (χ4n) is 3.56. The van der Waals surface area contributed by atoms with Crippen LogP contribution in [0.3, 0.4) is 0 Å². The molecule has 4 aromatic carbocycles. The molecule has 0 nitrogen and oxygen atoms in total. The summed E-state index contributed by atoms with van der Waals surface area (Å²) >= 11 is 0. The molecule has 0 saturated carbocycles. The van der Waals surface area contributed by atoms with Crippen LogP contribution >= 0.6 is 0 Å². The Morgan fingerprint density at radius 3 is 2.23 bits per heavy atom. The molecule has 1 aliphatic rings. The van der Waals surface area contributed by atoms with Crippen LogP contribution in [0.5, 0.6) is 0 Å². The highest BCUT2D eigenvalue weighted by molar-refractivity contribution is 6.16. The third kappa shape index (κ3) is 1.52. The molecule has 0 spiro atoms. The highest BCUT2D eigenvalue weighted by Gasteiger charge is 2.21. The number of rotatable bonds is 1. The first-order chi connectivity index (χ1) is 10.9. The van der Waals surface area contributed by atoms with E-state index in [4.69, 9.17) is 0 Å². The van der Waals surface area contributed by atoms with Crippen LogP contribution in [0.4, 0.5) is 0 Å². The predicted octanol–water partition coefficient (Wildman–Crippen LogP) is 5.95. The van der Waals surface area contributed by atoms with E-state index in [2.05, 4.69) is 72.8 Å². The molecule has 0 aliphatic heterocycles. The minimum Gasteiger partial charge on any atom is -0.0616 e. The van der Waals surface area contributed by atoms with E-state index < -0.39 is 0 Å². The van der Waals surface area contributed by atoms with Crippen LogP contribution in [0, 0.1) is 6.07 Å². The second-order valence-electron chi connectivity index (χ2n) is 5.77. The molecule has 0 aromatic heterocycles. The second kappa shape index (κ2) is 4.32. The zero-order chi connectivity index (χ0) is 14.5. The third-order valence-corrected chi connectivity index (χ3v) is 4.52. The van der Waals surface area contributed by atoms with Crippen molar-refractivity contribution in [3.8, 4) is 33.4 Å². The summed E-state index contributed by atoms with van der Waals surface area (Å²) in [5.41, 5.74) is 7.87. The van der Waals surface area contributed by atoms with E-state index >= 15 is 0 Å². The normalized spacial score (nSPS) is 11.6. The van der Waals surface area contributed by atoms with E-state index in [0.717, 1.165) is 0 Å². The molecular weight excluding hydrogens is 264 g/mol. The zero-order valence-electron chi connectivity index (χ0n) is 12.0. The number of hydrogen-bond acceptors (Lipinski definition) is 0. The number of fused-ring (bicyclic) bond motifs is 3. The molecule has 0 atom stereocenters. The third-order valence-electron chi connectivity index (χ3n) is 4.52. The van der Waals surface area contributed by atoms with Crippen molar-refractivity contribution in [2.24, 2.45) is 0 Å². The van der Waals surface area contributed by atoms with Crippen LogP contribution in [-0.4, -0.2) is 0 Å². The SMILES string of the molecule is [c]1cccc(-c2cc3c4c(cccc4c2)-c2ccccc2-3)c1. The summed E-state index contributed by atoms with van der Waals surface area (Å²) < 4.78 is 0. The Kier molecular flexibility index (Phi) is 2.31. The van der Waals surface area contributed by atoms with Crippen molar-refractivity contribution < 1.29 is 0 Å². The molecule has 1 radical (unpaired) electrons. The van der Waals surface area contributed by atoms with Gasteiger partial charge >= 0.3 is 0 Å². The van der Waals surface area contributed by atoms with E-state index in [-0.39, 0.29) is 0 Å². The Labute approximate surface area is 129 Å². The summed E-state index contributed by atoms with van der Waals surface area (Å²) in [5.74, 6) is 0. The maximum atomic E-state index is 3.18. The second-order valence-corrected chi connectivity index (χ2v) is 5.77. The van der Waals surface area contributed by atoms with Crippen molar-refractivity contribution in [1.29, 1.82) is 0 Å². The lowest BCUT2D eigenvalue weighted by Crippen LogP contribution is -1.81. The molecule has 101 valence electrons. The van der Waals surface area contributed by atoms with Crippen LogP contribution in [0.25, 0.3) is 44.2 Å². The lowest BCUT2D eigenvalue weighted by Gasteiger charge is -2.07. The standard InChI is InChI=1S/C22H13/c1-2-7-15(8-3-1)17-13-16-9-6-12-20-18-10-4-5-11-19(18)21(14-17)22(16)20/h1-2,4-14H. The highest BCUT2D eigenvalue weighted by Crippen LogP contribution is 2.48. The van der Waals surface area contributed by atoms with Gasteiger partial charge in [-0.15, -0.1) is 0 Å². The quantitative estimate of drug-likeness (QED) is 0.355. The first-order valence-electron chi connectivity index (χ1n) is 7.55. The molecule has 0 saturated heterocycles. The Morgan fingerprint density at radius 1 is 0.591 bits per heavy atom. The molecule has 0 heterocycles. The minimum atomic E-state index is 1.22. The first kappa shape index (κ1) is 11.8. The van der Waals surface area contributed by atoms with Crippen LogP contribution in [-0.2, 0) is 0 Å². The molecule has 22 heavy (non-hydrogen) atoms. The van der Waals surface area contributed by atoms with Gasteiger partial charge in [0.1, 0.15) is 0 Å². The van der Waals surface area contributed by atoms with Gasteiger partial charge in [0.05, 0.1) is 0 Å². The minimum absolute atomic E-state index is 1.22. The smallest absolute Gasteiger partial charge is 0.00259 e. The van der Waals surface area contributed by atoms with Crippen molar-refractivity contribution in [3.63, 3.8) is 0 Å². The van der Waals surface area contributed by atoms with Gasteiger partial charge in [0.2, 0.25) is 0 Å². The molecule has 0 bridgehead atoms. The van der Waals surface area contributed by atoms with Gasteiger partial charge in [0.25, 0.3) is 0 Å². The molecule has 0 amide bonds. The van der Waals surface area contributed by atoms with Crippen LogP contribution < -0.4 is 0 Å². The van der Waals surface area contributed by atoms with Crippen LogP contribution in [0.15, 0.2) is 78.9 Å². The molecule has 0 fully saturated rings. The molecule has 0 heteroatoms. The van der Waals surface area contributed by atoms with E-state index in [1.165, 1.54) is 44.2 Å². The van der Waals surface area contributed by atoms with Gasteiger partial charge in [0, 0.05) is 0 Å². The molecule has 1 aliphatic carbocycles. The van der Waals surface area contributed by atoms with Crippen LogP contribution in [0.2, 0.25) is 0 Å². The summed E-state index contributed by atoms with van der Waals surface area (Å²) in [7, 11) is 0. The van der Waals surface area contributed by atoms with Gasteiger partial charge in [-0.1, -0.05) is 60.7 Å². The highest BCUT2D eigenvalue weighted by atomic mass is 14.2. The van der Waals surface area contributed by atoms with Gasteiger partial charge in [-0.2, -0.15) is 0 Å². The summed E-state index contributed by atoms with van der Waals surface area (Å²) in [4.78, 5) is 0. The van der Waals surface area contributed by atoms with Crippen LogP contribution in [0.1, 0.15) is 0 Å². The first-order valence-corrected chi connectivity index (χ1v) is 7.55. The Hall–Kier alpha value is -2.86. The maximum Gasteiger partial charge on any atom is -0.00259 e. The van der Waals surface area contributed by atoms with Crippen molar-refractivity contribution in [2.75, 3.05) is 0 Å². The summed E-state index contributed by atoms with van der Waals surface area (Å²) in [6, 6.07) is 31.3. The average molecular weight is 277 g/mol. The summed E-state index contributed by atoms with van der Waals surface area (Å²) in [5, 5.41) is 2.69. The predicted molar refractivity (Wildman–Crippen MR) is 92.7 cm³/mol. The lowest BCUT2D eigenvalue weighted by atomic mass is 9.96. The average Bonchev–Trinajstić information content (AvgIpc) is 2.92. The van der Waals surface area contributed by atoms with E-state index in [9.17, 15) is 0 Å². The van der Waals surface area contributed by atoms with Gasteiger partial charge in [-0.05, 0) is 68.4 Å². The topological polar surface area (TPSA) is 0 Å². The van der Waals surface area contributed by atoms with Crippen molar-refractivity contribution in [2.45, 2.75) is 0 Å². The molecule has 4 aromatic rings. The summed E-state index contributed by atoms with van der Waals surface area (Å²) in [6.45, 7) is 0. The fourth-order valence-corrected chi connectivity index (χ4v) is 3.56. The van der Waals surface area contributed by atoms with Gasteiger partial charge in [-0.25, -0.2) is 0 Å². The molecule has 0 unspecified atom stereocenters. The summed E-state index contributed by atoms with van der Waals surface area (Å²) in [6.07, 6.45) is 0. The Morgan fingerprint density at radius 2 is 1.41 bits per heavy atom. The van der Waals surface area contributed by atoms with E-state index in [0.29, 0.717) is 0 Å². The van der Waals surface area contributed by atoms with E-state index in [1.54, 1.807) is 0 Å². The van der Waals surface area contributed by atoms with Crippen molar-refractivity contribution in [1.82, 2.24) is 0 Å². The largest absolute Gasteiger partial charge is 0.0616 e. The Balaban J connectivity index is 1.90. The van der Waals surface area contributed by atoms with Gasteiger partial charge in [-0.3, -0.25) is 0 Å².